The predicted molar refractivity (Wildman–Crippen MR) is 73.6 cm³/mol. The molecule has 1 saturated heterocycles. The first-order valence-electron chi connectivity index (χ1n) is 5.60. The average molecular weight is 260 g/mol. The zero-order valence-corrected chi connectivity index (χ0v) is 11.5. The fourth-order valence-electron chi connectivity index (χ4n) is 1.52. The van der Waals surface area contributed by atoms with Crippen molar-refractivity contribution in [3.8, 4) is 0 Å². The number of thioether (sulfide) groups is 1. The zero-order valence-electron chi connectivity index (χ0n) is 9.91. The molecule has 0 aromatic rings. The van der Waals surface area contributed by atoms with Gasteiger partial charge in [0.2, 0.25) is 5.91 Å². The van der Waals surface area contributed by atoms with Crippen LogP contribution in [-0.4, -0.2) is 28.9 Å². The highest BCUT2D eigenvalue weighted by atomic mass is 32.2. The van der Waals surface area contributed by atoms with E-state index in [-0.39, 0.29) is 10.9 Å². The van der Waals surface area contributed by atoms with Gasteiger partial charge in [0.1, 0.15) is 0 Å². The summed E-state index contributed by atoms with van der Waals surface area (Å²) >= 11 is 6.88. The molecule has 1 amide bonds. The highest BCUT2D eigenvalue weighted by Gasteiger charge is 2.31. The van der Waals surface area contributed by atoms with Crippen LogP contribution in [-0.2, 0) is 4.79 Å². The summed E-state index contributed by atoms with van der Waals surface area (Å²) in [5.41, 5.74) is 4.81. The maximum Gasteiger partial charge on any atom is 0.232 e. The summed E-state index contributed by atoms with van der Waals surface area (Å²) in [5, 5.41) is 2.96. The summed E-state index contributed by atoms with van der Waals surface area (Å²) in [6, 6.07) is 0. The minimum atomic E-state index is -0.737. The van der Waals surface area contributed by atoms with E-state index in [1.165, 1.54) is 24.3 Å². The van der Waals surface area contributed by atoms with E-state index < -0.39 is 5.41 Å². The first kappa shape index (κ1) is 13.8. The number of nitrogens with one attached hydrogen (secondary N) is 1. The lowest BCUT2D eigenvalue weighted by Gasteiger charge is -2.26. The monoisotopic (exact) mass is 260 g/mol. The molecule has 0 aromatic carbocycles. The van der Waals surface area contributed by atoms with Crippen molar-refractivity contribution >= 4 is 34.9 Å². The van der Waals surface area contributed by atoms with Gasteiger partial charge < -0.3 is 11.1 Å². The number of carbonyl (C=O) groups is 1. The number of hydrogen-bond donors (Lipinski definition) is 2. The highest BCUT2D eigenvalue weighted by molar-refractivity contribution is 7.99. The molecule has 0 atom stereocenters. The van der Waals surface area contributed by atoms with Crippen molar-refractivity contribution in [3.05, 3.63) is 0 Å². The van der Waals surface area contributed by atoms with Gasteiger partial charge in [-0.15, -0.1) is 0 Å². The lowest BCUT2D eigenvalue weighted by Crippen LogP contribution is -2.46. The van der Waals surface area contributed by atoms with Crippen molar-refractivity contribution in [1.29, 1.82) is 0 Å². The van der Waals surface area contributed by atoms with Crippen molar-refractivity contribution in [2.75, 3.05) is 18.1 Å². The lowest BCUT2D eigenvalue weighted by atomic mass is 9.92. The molecule has 1 aliphatic rings. The van der Waals surface area contributed by atoms with Crippen molar-refractivity contribution in [2.24, 2.45) is 17.1 Å². The van der Waals surface area contributed by atoms with E-state index in [1.807, 2.05) is 11.8 Å². The smallest absolute Gasteiger partial charge is 0.232 e. The van der Waals surface area contributed by atoms with Gasteiger partial charge in [-0.05, 0) is 44.1 Å². The van der Waals surface area contributed by atoms with Crippen LogP contribution in [0.15, 0.2) is 0 Å². The molecular weight excluding hydrogens is 240 g/mol. The number of thiocarbonyl (C=S) groups is 1. The van der Waals surface area contributed by atoms with Gasteiger partial charge >= 0.3 is 0 Å². The molecular formula is C11H20N2OS2. The third-order valence-electron chi connectivity index (χ3n) is 3.08. The summed E-state index contributed by atoms with van der Waals surface area (Å²) < 4.78 is 0. The van der Waals surface area contributed by atoms with Gasteiger partial charge in [0.05, 0.1) is 10.4 Å². The second kappa shape index (κ2) is 5.87. The molecule has 92 valence electrons. The Bertz CT molecular complexity index is 273. The third kappa shape index (κ3) is 3.63. The van der Waals surface area contributed by atoms with Gasteiger partial charge in [0.15, 0.2) is 0 Å². The average Bonchev–Trinajstić information content (AvgIpc) is 2.27. The predicted octanol–water partition coefficient (Wildman–Crippen LogP) is 1.56. The van der Waals surface area contributed by atoms with Crippen molar-refractivity contribution in [1.82, 2.24) is 5.32 Å². The summed E-state index contributed by atoms with van der Waals surface area (Å²) in [6.45, 7) is 4.29. The molecule has 0 saturated carbocycles. The number of rotatable bonds is 4. The molecule has 0 radical (unpaired) electrons. The van der Waals surface area contributed by atoms with Crippen molar-refractivity contribution in [2.45, 2.75) is 26.7 Å². The van der Waals surface area contributed by atoms with Crippen molar-refractivity contribution < 1.29 is 4.79 Å². The minimum absolute atomic E-state index is 0.0572. The van der Waals surface area contributed by atoms with Gasteiger partial charge in [0, 0.05) is 6.54 Å². The lowest BCUT2D eigenvalue weighted by molar-refractivity contribution is -0.126. The summed E-state index contributed by atoms with van der Waals surface area (Å²) in [5.74, 6) is 2.98. The topological polar surface area (TPSA) is 55.1 Å². The Morgan fingerprint density at radius 1 is 1.50 bits per heavy atom. The molecule has 0 unspecified atom stereocenters. The fraction of sp³-hybridized carbons (Fsp3) is 0.818. The van der Waals surface area contributed by atoms with E-state index >= 15 is 0 Å². The quantitative estimate of drug-likeness (QED) is 0.753. The molecule has 1 aliphatic heterocycles. The van der Waals surface area contributed by atoms with E-state index in [2.05, 4.69) is 5.32 Å². The second-order valence-corrected chi connectivity index (χ2v) is 6.42. The Hall–Kier alpha value is -0.290. The Kier molecular flexibility index (Phi) is 5.05. The molecule has 1 fully saturated rings. The second-order valence-electron chi connectivity index (χ2n) is 4.76. The van der Waals surface area contributed by atoms with E-state index in [1.54, 1.807) is 13.8 Å². The SMILES string of the molecule is CC(C)(C(=O)NCC1CCSCC1)C(N)=S. The summed E-state index contributed by atoms with van der Waals surface area (Å²) in [6.07, 6.45) is 2.39. The molecule has 0 bridgehead atoms. The minimum Gasteiger partial charge on any atom is -0.392 e. The Balaban J connectivity index is 2.37. The number of nitrogens with two attached hydrogens (primary N) is 1. The van der Waals surface area contributed by atoms with Gasteiger partial charge in [-0.25, -0.2) is 0 Å². The van der Waals surface area contributed by atoms with E-state index in [0.29, 0.717) is 5.92 Å². The number of hydrogen-bond acceptors (Lipinski definition) is 3. The van der Waals surface area contributed by atoms with E-state index in [9.17, 15) is 4.79 Å². The molecule has 1 heterocycles. The molecule has 3 N–H and O–H groups in total. The molecule has 1 rings (SSSR count). The van der Waals surface area contributed by atoms with Gasteiger partial charge in [-0.3, -0.25) is 4.79 Å². The van der Waals surface area contributed by atoms with Crippen LogP contribution in [0.3, 0.4) is 0 Å². The Morgan fingerprint density at radius 3 is 2.56 bits per heavy atom. The van der Waals surface area contributed by atoms with Crippen LogP contribution in [0.25, 0.3) is 0 Å². The molecule has 0 aromatic heterocycles. The zero-order chi connectivity index (χ0) is 12.2. The molecule has 0 spiro atoms. The van der Waals surface area contributed by atoms with Crippen LogP contribution in [0.4, 0.5) is 0 Å². The number of carbonyl (C=O) groups excluding carboxylic acids is 1. The molecule has 5 heteroatoms. The standard InChI is InChI=1S/C11H20N2OS2/c1-11(2,9(12)15)10(14)13-7-8-3-5-16-6-4-8/h8H,3-7H2,1-2H3,(H2,12,15)(H,13,14). The fourth-order valence-corrected chi connectivity index (χ4v) is 2.82. The van der Waals surface area contributed by atoms with Gasteiger partial charge in [0.25, 0.3) is 0 Å². The van der Waals surface area contributed by atoms with Gasteiger partial charge in [-0.2, -0.15) is 11.8 Å². The maximum absolute atomic E-state index is 11.9. The highest BCUT2D eigenvalue weighted by Crippen LogP contribution is 2.22. The van der Waals surface area contributed by atoms with Gasteiger partial charge in [-0.1, -0.05) is 12.2 Å². The molecule has 3 nitrogen and oxygen atoms in total. The Labute approximate surface area is 107 Å². The first-order valence-corrected chi connectivity index (χ1v) is 7.17. The summed E-state index contributed by atoms with van der Waals surface area (Å²) in [4.78, 5) is 12.1. The molecule has 16 heavy (non-hydrogen) atoms. The summed E-state index contributed by atoms with van der Waals surface area (Å²) in [7, 11) is 0. The molecule has 0 aliphatic carbocycles. The van der Waals surface area contributed by atoms with Crippen LogP contribution in [0, 0.1) is 11.3 Å². The van der Waals surface area contributed by atoms with Crippen LogP contribution < -0.4 is 11.1 Å². The largest absolute Gasteiger partial charge is 0.392 e. The van der Waals surface area contributed by atoms with Crippen LogP contribution >= 0.6 is 24.0 Å². The van der Waals surface area contributed by atoms with E-state index in [4.69, 9.17) is 18.0 Å². The normalized spacial score (nSPS) is 18.1. The maximum atomic E-state index is 11.9. The van der Waals surface area contributed by atoms with Crippen LogP contribution in [0.2, 0.25) is 0 Å². The Morgan fingerprint density at radius 2 is 2.06 bits per heavy atom. The third-order valence-corrected chi connectivity index (χ3v) is 4.63. The first-order chi connectivity index (χ1) is 7.44. The van der Waals surface area contributed by atoms with Crippen molar-refractivity contribution in [3.63, 3.8) is 0 Å². The van der Waals surface area contributed by atoms with E-state index in [0.717, 1.165) is 6.54 Å². The number of amides is 1. The van der Waals surface area contributed by atoms with Crippen LogP contribution in [0.1, 0.15) is 26.7 Å². The van der Waals surface area contributed by atoms with Crippen LogP contribution in [0.5, 0.6) is 0 Å².